The molecule has 9 heteroatoms. The molecular formula is C28H28N4O5. The molecule has 1 aliphatic carbocycles. The zero-order chi connectivity index (χ0) is 25.4. The van der Waals surface area contributed by atoms with Crippen LogP contribution < -0.4 is 4.90 Å². The summed E-state index contributed by atoms with van der Waals surface area (Å²) in [6.07, 6.45) is 4.11. The molecule has 0 amide bonds. The first-order valence-corrected chi connectivity index (χ1v) is 12.6. The lowest BCUT2D eigenvalue weighted by atomic mass is 10.0. The molecule has 2 aromatic carbocycles. The van der Waals surface area contributed by atoms with E-state index in [4.69, 9.17) is 18.9 Å². The second-order valence-electron chi connectivity index (χ2n) is 9.74. The first-order chi connectivity index (χ1) is 18.1. The predicted octanol–water partition coefficient (Wildman–Crippen LogP) is 5.46. The van der Waals surface area contributed by atoms with Gasteiger partial charge in [-0.15, -0.1) is 0 Å². The maximum atomic E-state index is 11.1. The fraction of sp³-hybridized carbons (Fsp3) is 0.357. The summed E-state index contributed by atoms with van der Waals surface area (Å²) in [6.45, 7) is 4.09. The number of carbonyl (C=O) groups is 1. The van der Waals surface area contributed by atoms with E-state index in [0.29, 0.717) is 29.9 Å². The smallest absolute Gasteiger partial charge is 0.335 e. The Morgan fingerprint density at radius 2 is 1.78 bits per heavy atom. The van der Waals surface area contributed by atoms with Gasteiger partial charge < -0.3 is 23.8 Å². The highest BCUT2D eigenvalue weighted by atomic mass is 16.5. The van der Waals surface area contributed by atoms with Crippen molar-refractivity contribution in [3.05, 3.63) is 71.0 Å². The van der Waals surface area contributed by atoms with Crippen LogP contribution >= 0.6 is 0 Å². The molecule has 4 aromatic rings. The number of ether oxygens (including phenoxy) is 1. The molecule has 1 N–H and O–H groups in total. The van der Waals surface area contributed by atoms with Gasteiger partial charge >= 0.3 is 5.97 Å². The van der Waals surface area contributed by atoms with Crippen LogP contribution in [0.2, 0.25) is 0 Å². The fourth-order valence-corrected chi connectivity index (χ4v) is 4.82. The van der Waals surface area contributed by atoms with E-state index in [0.717, 1.165) is 61.4 Å². The number of hydrogen-bond acceptors (Lipinski definition) is 8. The van der Waals surface area contributed by atoms with Crippen molar-refractivity contribution in [2.24, 2.45) is 0 Å². The van der Waals surface area contributed by atoms with Gasteiger partial charge in [0.15, 0.2) is 0 Å². The third-order valence-electron chi connectivity index (χ3n) is 7.15. The van der Waals surface area contributed by atoms with Gasteiger partial charge in [-0.3, -0.25) is 0 Å². The van der Waals surface area contributed by atoms with Crippen LogP contribution in [-0.4, -0.2) is 45.6 Å². The van der Waals surface area contributed by atoms with Crippen LogP contribution in [0, 0.1) is 6.92 Å². The SMILES string of the molecule is Cc1ccccc1-c1noc(C2CC2)c1COC1CCN(c2noc(-c3ccc(C(=O)O)cc3)n2)CC1. The Morgan fingerprint density at radius 3 is 2.49 bits per heavy atom. The van der Waals surface area contributed by atoms with Crippen molar-refractivity contribution in [3.63, 3.8) is 0 Å². The van der Waals surface area contributed by atoms with Gasteiger partial charge in [0.2, 0.25) is 0 Å². The summed E-state index contributed by atoms with van der Waals surface area (Å²) in [5.41, 5.74) is 5.14. The topological polar surface area (TPSA) is 115 Å². The number of aryl methyl sites for hydroxylation is 1. The highest BCUT2D eigenvalue weighted by Crippen LogP contribution is 2.44. The number of aromatic carboxylic acids is 1. The molecule has 6 rings (SSSR count). The first kappa shape index (κ1) is 23.4. The number of anilines is 1. The molecule has 0 radical (unpaired) electrons. The number of carboxylic acid groups (broad SMARTS) is 1. The standard InChI is InChI=1S/C28H28N4O5/c1-17-4-2-3-5-22(17)24-23(25(36-30-24)18-6-7-18)16-35-21-12-14-32(15-13-21)28-29-26(37-31-28)19-8-10-20(11-9-19)27(33)34/h2-5,8-11,18,21H,6-7,12-16H2,1H3,(H,33,34). The normalized spacial score (nSPS) is 16.3. The summed E-state index contributed by atoms with van der Waals surface area (Å²) in [5.74, 6) is 1.37. The van der Waals surface area contributed by atoms with E-state index in [2.05, 4.69) is 39.3 Å². The number of piperidine rings is 1. The lowest BCUT2D eigenvalue weighted by molar-refractivity contribution is 0.0244. The summed E-state index contributed by atoms with van der Waals surface area (Å²) >= 11 is 0. The number of aromatic nitrogens is 3. The minimum absolute atomic E-state index is 0.123. The van der Waals surface area contributed by atoms with Gasteiger partial charge in [-0.2, -0.15) is 4.98 Å². The van der Waals surface area contributed by atoms with Crippen molar-refractivity contribution in [1.82, 2.24) is 15.3 Å². The maximum absolute atomic E-state index is 11.1. The molecule has 9 nitrogen and oxygen atoms in total. The van der Waals surface area contributed by atoms with Crippen molar-refractivity contribution < 1.29 is 23.7 Å². The largest absolute Gasteiger partial charge is 0.478 e. The summed E-state index contributed by atoms with van der Waals surface area (Å²) in [6, 6.07) is 14.6. The third kappa shape index (κ3) is 4.86. The molecular weight excluding hydrogens is 472 g/mol. The molecule has 190 valence electrons. The Morgan fingerprint density at radius 1 is 1.03 bits per heavy atom. The summed E-state index contributed by atoms with van der Waals surface area (Å²) in [4.78, 5) is 17.7. The first-order valence-electron chi connectivity index (χ1n) is 12.6. The molecule has 37 heavy (non-hydrogen) atoms. The van der Waals surface area contributed by atoms with E-state index in [-0.39, 0.29) is 11.7 Å². The molecule has 1 aliphatic heterocycles. The Kier molecular flexibility index (Phi) is 6.21. The van der Waals surface area contributed by atoms with Crippen LogP contribution in [0.5, 0.6) is 0 Å². The zero-order valence-corrected chi connectivity index (χ0v) is 20.6. The molecule has 0 atom stereocenters. The van der Waals surface area contributed by atoms with Crippen LogP contribution in [0.1, 0.15) is 58.8 Å². The predicted molar refractivity (Wildman–Crippen MR) is 135 cm³/mol. The van der Waals surface area contributed by atoms with E-state index >= 15 is 0 Å². The number of benzene rings is 2. The van der Waals surface area contributed by atoms with E-state index < -0.39 is 5.97 Å². The fourth-order valence-electron chi connectivity index (χ4n) is 4.82. The lowest BCUT2D eigenvalue weighted by Crippen LogP contribution is -2.37. The van der Waals surface area contributed by atoms with Gasteiger partial charge in [-0.25, -0.2) is 4.79 Å². The molecule has 0 unspecified atom stereocenters. The number of rotatable bonds is 8. The minimum atomic E-state index is -0.970. The Bertz CT molecular complexity index is 1400. The van der Waals surface area contributed by atoms with Crippen molar-refractivity contribution in [2.45, 2.75) is 51.2 Å². The molecule has 1 saturated carbocycles. The van der Waals surface area contributed by atoms with Crippen LogP contribution in [0.15, 0.2) is 57.6 Å². The van der Waals surface area contributed by atoms with Gasteiger partial charge in [-0.05, 0) is 67.6 Å². The average molecular weight is 501 g/mol. The van der Waals surface area contributed by atoms with Gasteiger partial charge in [0.05, 0.1) is 18.3 Å². The average Bonchev–Trinajstić information content (AvgIpc) is 3.49. The second-order valence-corrected chi connectivity index (χ2v) is 9.74. The highest BCUT2D eigenvalue weighted by molar-refractivity contribution is 5.88. The number of nitrogens with zero attached hydrogens (tertiary/aromatic N) is 4. The van der Waals surface area contributed by atoms with Crippen LogP contribution in [-0.2, 0) is 11.3 Å². The van der Waals surface area contributed by atoms with Crippen LogP contribution in [0.25, 0.3) is 22.7 Å². The molecule has 2 aromatic heterocycles. The molecule has 2 fully saturated rings. The van der Waals surface area contributed by atoms with Gasteiger partial charge in [0, 0.05) is 35.7 Å². The minimum Gasteiger partial charge on any atom is -0.478 e. The molecule has 1 saturated heterocycles. The Hall–Kier alpha value is -3.98. The van der Waals surface area contributed by atoms with E-state index in [1.54, 1.807) is 12.1 Å². The summed E-state index contributed by atoms with van der Waals surface area (Å²) in [7, 11) is 0. The van der Waals surface area contributed by atoms with E-state index in [1.807, 2.05) is 12.1 Å². The van der Waals surface area contributed by atoms with Crippen molar-refractivity contribution in [1.29, 1.82) is 0 Å². The molecule has 0 bridgehead atoms. The summed E-state index contributed by atoms with van der Waals surface area (Å²) in [5, 5.41) is 17.7. The van der Waals surface area contributed by atoms with Gasteiger partial charge in [0.25, 0.3) is 11.8 Å². The molecule has 3 heterocycles. The zero-order valence-electron chi connectivity index (χ0n) is 20.6. The highest BCUT2D eigenvalue weighted by Gasteiger charge is 2.33. The van der Waals surface area contributed by atoms with Crippen molar-refractivity contribution in [2.75, 3.05) is 18.0 Å². The Balaban J connectivity index is 1.09. The van der Waals surface area contributed by atoms with Crippen LogP contribution in [0.4, 0.5) is 5.95 Å². The molecule has 2 aliphatic rings. The number of carboxylic acids is 1. The third-order valence-corrected chi connectivity index (χ3v) is 7.15. The Labute approximate surface area is 214 Å². The second kappa shape index (κ2) is 9.82. The van der Waals surface area contributed by atoms with Crippen LogP contribution in [0.3, 0.4) is 0 Å². The van der Waals surface area contributed by atoms with E-state index in [9.17, 15) is 4.79 Å². The van der Waals surface area contributed by atoms with Gasteiger partial charge in [-0.1, -0.05) is 29.4 Å². The quantitative estimate of drug-likeness (QED) is 0.337. The summed E-state index contributed by atoms with van der Waals surface area (Å²) < 4.78 is 17.6. The lowest BCUT2D eigenvalue weighted by Gasteiger charge is -2.30. The van der Waals surface area contributed by atoms with Crippen molar-refractivity contribution >= 4 is 11.9 Å². The maximum Gasteiger partial charge on any atom is 0.335 e. The number of hydrogen-bond donors (Lipinski definition) is 1. The van der Waals surface area contributed by atoms with Gasteiger partial charge in [0.1, 0.15) is 11.5 Å². The van der Waals surface area contributed by atoms with Crippen molar-refractivity contribution in [3.8, 4) is 22.7 Å². The van der Waals surface area contributed by atoms with E-state index in [1.165, 1.54) is 17.7 Å². The molecule has 0 spiro atoms. The monoisotopic (exact) mass is 500 g/mol.